The van der Waals surface area contributed by atoms with Gasteiger partial charge in [0.25, 0.3) is 5.91 Å². The van der Waals surface area contributed by atoms with E-state index in [0.29, 0.717) is 22.5 Å². The minimum Gasteiger partial charge on any atom is -0.481 e. The molecule has 1 amide bonds. The molecular weight excluding hydrogens is 433 g/mol. The summed E-state index contributed by atoms with van der Waals surface area (Å²) < 4.78 is 21.4. The third-order valence-corrected chi connectivity index (χ3v) is 5.47. The van der Waals surface area contributed by atoms with Crippen LogP contribution < -0.4 is 15.5 Å². The van der Waals surface area contributed by atoms with Crippen LogP contribution in [0.15, 0.2) is 59.7 Å². The third-order valence-electron chi connectivity index (χ3n) is 5.23. The summed E-state index contributed by atoms with van der Waals surface area (Å²) in [7, 11) is 1.46. The van der Waals surface area contributed by atoms with E-state index in [2.05, 4.69) is 10.3 Å². The lowest BCUT2D eigenvalue weighted by atomic mass is 10.0. The Morgan fingerprint density at radius 2 is 1.88 bits per heavy atom. The van der Waals surface area contributed by atoms with Crippen molar-refractivity contribution in [2.24, 2.45) is 0 Å². The van der Waals surface area contributed by atoms with Gasteiger partial charge in [-0.25, -0.2) is 9.37 Å². The molecule has 0 aliphatic rings. The van der Waals surface area contributed by atoms with Gasteiger partial charge in [-0.3, -0.25) is 9.59 Å². The summed E-state index contributed by atoms with van der Waals surface area (Å²) >= 11 is 5.91. The average molecular weight is 452 g/mol. The number of ether oxygens (including phenoxy) is 1. The topological polar surface area (TPSA) is 73.2 Å². The number of carbonyl (C=O) groups excluding carboxylic acids is 1. The second kappa shape index (κ2) is 8.43. The van der Waals surface area contributed by atoms with Crippen LogP contribution in [0.5, 0.6) is 5.88 Å². The lowest BCUT2D eigenvalue weighted by Crippen LogP contribution is -2.24. The number of hydrogen-bond donors (Lipinski definition) is 1. The predicted octanol–water partition coefficient (Wildman–Crippen LogP) is 5.06. The number of fused-ring (bicyclic) bond motifs is 1. The van der Waals surface area contributed by atoms with E-state index in [1.807, 2.05) is 13.8 Å². The van der Waals surface area contributed by atoms with Crippen molar-refractivity contribution >= 4 is 34.1 Å². The van der Waals surface area contributed by atoms with Crippen molar-refractivity contribution in [1.29, 1.82) is 0 Å². The van der Waals surface area contributed by atoms with Crippen LogP contribution in [0.4, 0.5) is 10.1 Å². The second-order valence-electron chi connectivity index (χ2n) is 7.33. The molecule has 2 aromatic carbocycles. The fourth-order valence-corrected chi connectivity index (χ4v) is 3.58. The molecule has 4 aromatic rings. The number of nitrogens with zero attached hydrogens (tertiary/aromatic N) is 2. The molecule has 0 saturated carbocycles. The molecule has 4 rings (SSSR count). The first-order chi connectivity index (χ1) is 15.3. The third kappa shape index (κ3) is 3.94. The summed E-state index contributed by atoms with van der Waals surface area (Å²) in [6.07, 6.45) is 2.82. The van der Waals surface area contributed by atoms with Crippen molar-refractivity contribution in [3.63, 3.8) is 0 Å². The SMILES string of the molecule is COc1cc(NC(=O)c2cn(-c3ccc(Cl)cc3F)c3cc(C)c(C)cc3c2=O)ccn1. The van der Waals surface area contributed by atoms with E-state index in [1.165, 1.54) is 42.3 Å². The average Bonchev–Trinajstić information content (AvgIpc) is 2.76. The molecule has 0 aliphatic carbocycles. The van der Waals surface area contributed by atoms with Crippen LogP contribution in [-0.2, 0) is 0 Å². The van der Waals surface area contributed by atoms with Crippen molar-refractivity contribution in [3.05, 3.63) is 92.6 Å². The molecule has 2 heterocycles. The second-order valence-corrected chi connectivity index (χ2v) is 7.77. The first-order valence-corrected chi connectivity index (χ1v) is 10.1. The Labute approximate surface area is 188 Å². The largest absolute Gasteiger partial charge is 0.481 e. The number of aryl methyl sites for hydroxylation is 2. The van der Waals surface area contributed by atoms with Crippen LogP contribution in [0.25, 0.3) is 16.6 Å². The molecule has 0 saturated heterocycles. The smallest absolute Gasteiger partial charge is 0.261 e. The highest BCUT2D eigenvalue weighted by atomic mass is 35.5. The van der Waals surface area contributed by atoms with E-state index < -0.39 is 17.2 Å². The highest BCUT2D eigenvalue weighted by Crippen LogP contribution is 2.25. The van der Waals surface area contributed by atoms with Gasteiger partial charge < -0.3 is 14.6 Å². The molecule has 0 radical (unpaired) electrons. The number of anilines is 1. The summed E-state index contributed by atoms with van der Waals surface area (Å²) in [4.78, 5) is 30.3. The van der Waals surface area contributed by atoms with Crippen LogP contribution in [-0.4, -0.2) is 22.6 Å². The summed E-state index contributed by atoms with van der Waals surface area (Å²) in [6.45, 7) is 3.77. The molecule has 32 heavy (non-hydrogen) atoms. The standard InChI is InChI=1S/C24H19ClFN3O3/c1-13-8-17-21(9-14(13)2)29(20-5-4-15(25)10-19(20)26)12-18(23(17)30)24(31)28-16-6-7-27-22(11-16)32-3/h4-12H,1-3H3,(H,27,28,31). The van der Waals surface area contributed by atoms with E-state index in [0.717, 1.165) is 11.1 Å². The summed E-state index contributed by atoms with van der Waals surface area (Å²) in [5.74, 6) is -0.898. The van der Waals surface area contributed by atoms with E-state index in [4.69, 9.17) is 16.3 Å². The zero-order chi connectivity index (χ0) is 23.0. The molecule has 0 fully saturated rings. The minimum absolute atomic E-state index is 0.133. The van der Waals surface area contributed by atoms with Gasteiger partial charge in [0, 0.05) is 34.6 Å². The highest BCUT2D eigenvalue weighted by molar-refractivity contribution is 6.30. The Kier molecular flexibility index (Phi) is 5.67. The molecule has 2 aromatic heterocycles. The van der Waals surface area contributed by atoms with Gasteiger partial charge in [-0.05, 0) is 61.4 Å². The van der Waals surface area contributed by atoms with Gasteiger partial charge in [0.1, 0.15) is 11.4 Å². The van der Waals surface area contributed by atoms with Crippen LogP contribution in [0.3, 0.4) is 0 Å². The van der Waals surface area contributed by atoms with Gasteiger partial charge in [-0.15, -0.1) is 0 Å². The van der Waals surface area contributed by atoms with Crippen molar-refractivity contribution in [3.8, 4) is 11.6 Å². The van der Waals surface area contributed by atoms with Crippen LogP contribution in [0.2, 0.25) is 5.02 Å². The Bertz CT molecular complexity index is 1430. The first kappa shape index (κ1) is 21.5. The molecule has 8 heteroatoms. The normalized spacial score (nSPS) is 10.9. The molecule has 162 valence electrons. The number of carbonyl (C=O) groups is 1. The Morgan fingerprint density at radius 3 is 2.59 bits per heavy atom. The number of methoxy groups -OCH3 is 1. The molecule has 1 N–H and O–H groups in total. The Hall–Kier alpha value is -3.71. The Balaban J connectivity index is 1.93. The molecular formula is C24H19ClFN3O3. The number of halogens is 2. The zero-order valence-corrected chi connectivity index (χ0v) is 18.3. The van der Waals surface area contributed by atoms with Crippen LogP contribution in [0, 0.1) is 19.7 Å². The van der Waals surface area contributed by atoms with Crippen LogP contribution >= 0.6 is 11.6 Å². The quantitative estimate of drug-likeness (QED) is 0.471. The lowest BCUT2D eigenvalue weighted by molar-refractivity contribution is 0.102. The number of amides is 1. The van der Waals surface area contributed by atoms with Gasteiger partial charge in [0.15, 0.2) is 0 Å². The van der Waals surface area contributed by atoms with Gasteiger partial charge in [0.05, 0.1) is 18.3 Å². The maximum absolute atomic E-state index is 14.8. The molecule has 0 aliphatic heterocycles. The van der Waals surface area contributed by atoms with E-state index in [9.17, 15) is 14.0 Å². The monoisotopic (exact) mass is 451 g/mol. The van der Waals surface area contributed by atoms with Crippen molar-refractivity contribution in [1.82, 2.24) is 9.55 Å². The van der Waals surface area contributed by atoms with E-state index in [-0.39, 0.29) is 16.3 Å². The zero-order valence-electron chi connectivity index (χ0n) is 17.6. The van der Waals surface area contributed by atoms with Gasteiger partial charge >= 0.3 is 0 Å². The summed E-state index contributed by atoms with van der Waals surface area (Å²) in [5.41, 5.74) is 2.29. The van der Waals surface area contributed by atoms with Gasteiger partial charge in [-0.1, -0.05) is 11.6 Å². The molecule has 0 atom stereocenters. The van der Waals surface area contributed by atoms with E-state index >= 15 is 0 Å². The Morgan fingerprint density at radius 1 is 1.12 bits per heavy atom. The first-order valence-electron chi connectivity index (χ1n) is 9.72. The predicted molar refractivity (Wildman–Crippen MR) is 123 cm³/mol. The fraction of sp³-hybridized carbons (Fsp3) is 0.125. The van der Waals surface area contributed by atoms with Crippen molar-refractivity contribution in [2.45, 2.75) is 13.8 Å². The van der Waals surface area contributed by atoms with Crippen LogP contribution in [0.1, 0.15) is 21.5 Å². The maximum atomic E-state index is 14.8. The maximum Gasteiger partial charge on any atom is 0.261 e. The van der Waals surface area contributed by atoms with E-state index in [1.54, 1.807) is 24.3 Å². The van der Waals surface area contributed by atoms with Gasteiger partial charge in [-0.2, -0.15) is 0 Å². The van der Waals surface area contributed by atoms with Crippen molar-refractivity contribution < 1.29 is 13.9 Å². The molecule has 0 spiro atoms. The van der Waals surface area contributed by atoms with Crippen molar-refractivity contribution in [2.75, 3.05) is 12.4 Å². The van der Waals surface area contributed by atoms with Gasteiger partial charge in [0.2, 0.25) is 11.3 Å². The number of hydrogen-bond acceptors (Lipinski definition) is 4. The summed E-state index contributed by atoms with van der Waals surface area (Å²) in [5, 5.41) is 3.23. The number of benzene rings is 2. The fourth-order valence-electron chi connectivity index (χ4n) is 3.42. The lowest BCUT2D eigenvalue weighted by Gasteiger charge is -2.16. The molecule has 0 bridgehead atoms. The summed E-state index contributed by atoms with van der Waals surface area (Å²) in [6, 6.07) is 10.9. The molecule has 6 nitrogen and oxygen atoms in total. The minimum atomic E-state index is -0.633. The highest BCUT2D eigenvalue weighted by Gasteiger charge is 2.19. The number of aromatic nitrogens is 2. The number of rotatable bonds is 4. The number of pyridine rings is 2. The number of nitrogens with one attached hydrogen (secondary N) is 1. The molecule has 0 unspecified atom stereocenters.